The van der Waals surface area contributed by atoms with E-state index < -0.39 is 18.1 Å². The third-order valence-electron chi connectivity index (χ3n) is 5.60. The smallest absolute Gasteiger partial charge is 0.255 e. The molecule has 4 aromatic rings. The number of nitrogens with zero attached hydrogens (tertiary/aromatic N) is 4. The highest BCUT2D eigenvalue weighted by Crippen LogP contribution is 2.30. The Bertz CT molecular complexity index is 1290. The Balaban J connectivity index is 1.31. The number of para-hydroxylation sites is 1. The molecule has 2 N–H and O–H groups in total. The zero-order valence-corrected chi connectivity index (χ0v) is 17.8. The van der Waals surface area contributed by atoms with Crippen molar-refractivity contribution in [3.8, 4) is 0 Å². The molecular weight excluding hydrogens is 428 g/mol. The number of thiazole rings is 1. The minimum absolute atomic E-state index is 0.177. The highest BCUT2D eigenvalue weighted by atomic mass is 32.1. The first-order chi connectivity index (χ1) is 15.5. The van der Waals surface area contributed by atoms with Crippen LogP contribution in [0.3, 0.4) is 0 Å². The molecular formula is C23H20N4O4S. The van der Waals surface area contributed by atoms with Crippen LogP contribution in [0, 0.1) is 0 Å². The van der Waals surface area contributed by atoms with Crippen LogP contribution in [0.4, 0.5) is 5.69 Å². The number of carbonyl (C=O) groups is 2. The van der Waals surface area contributed by atoms with Crippen LogP contribution in [0.5, 0.6) is 0 Å². The number of hydrogen-bond acceptors (Lipinski definition) is 7. The van der Waals surface area contributed by atoms with Gasteiger partial charge in [0.1, 0.15) is 17.7 Å². The number of pyridine rings is 1. The fraction of sp³-hybridized carbons (Fsp3) is 0.217. The number of benzene rings is 2. The van der Waals surface area contributed by atoms with E-state index in [0.29, 0.717) is 5.52 Å². The predicted molar refractivity (Wildman–Crippen MR) is 121 cm³/mol. The minimum atomic E-state index is -1.70. The zero-order chi connectivity index (χ0) is 22.2. The normalized spacial score (nSPS) is 16.5. The number of fused-ring (bicyclic) bond motifs is 2. The van der Waals surface area contributed by atoms with E-state index in [4.69, 9.17) is 0 Å². The van der Waals surface area contributed by atoms with Gasteiger partial charge in [-0.2, -0.15) is 0 Å². The quantitative estimate of drug-likeness (QED) is 0.495. The summed E-state index contributed by atoms with van der Waals surface area (Å²) in [5.74, 6) is -0.942. The number of anilines is 1. The molecule has 3 heterocycles. The van der Waals surface area contributed by atoms with Crippen molar-refractivity contribution in [3.63, 3.8) is 0 Å². The van der Waals surface area contributed by atoms with Crippen LogP contribution in [0.25, 0.3) is 21.0 Å². The second kappa shape index (κ2) is 8.27. The summed E-state index contributed by atoms with van der Waals surface area (Å²) in [4.78, 5) is 37.1. The Kier molecular flexibility index (Phi) is 5.30. The van der Waals surface area contributed by atoms with Crippen LogP contribution in [0.1, 0.15) is 11.1 Å². The summed E-state index contributed by atoms with van der Waals surface area (Å²) in [5, 5.41) is 23.2. The van der Waals surface area contributed by atoms with Crippen LogP contribution < -0.4 is 4.90 Å². The van der Waals surface area contributed by atoms with Crippen molar-refractivity contribution >= 4 is 49.8 Å². The van der Waals surface area contributed by atoms with Gasteiger partial charge in [0.15, 0.2) is 6.10 Å². The Labute approximate surface area is 187 Å². The van der Waals surface area contributed by atoms with E-state index in [1.807, 2.05) is 42.5 Å². The van der Waals surface area contributed by atoms with Crippen molar-refractivity contribution in [1.82, 2.24) is 14.9 Å². The average molecular weight is 449 g/mol. The first-order valence-electron chi connectivity index (χ1n) is 10.2. The summed E-state index contributed by atoms with van der Waals surface area (Å²) in [5.41, 5.74) is 1.46. The number of hydrogen-bond donors (Lipinski definition) is 2. The maximum Gasteiger partial charge on any atom is 0.255 e. The zero-order valence-electron chi connectivity index (χ0n) is 17.0. The molecule has 9 heteroatoms. The summed E-state index contributed by atoms with van der Waals surface area (Å²) < 4.78 is 0.857. The minimum Gasteiger partial charge on any atom is -0.383 e. The van der Waals surface area contributed by atoms with Gasteiger partial charge in [-0.3, -0.25) is 14.6 Å². The molecule has 8 nitrogen and oxygen atoms in total. The lowest BCUT2D eigenvalue weighted by Crippen LogP contribution is -2.55. The third kappa shape index (κ3) is 3.60. The fourth-order valence-corrected chi connectivity index (χ4v) is 4.91. The van der Waals surface area contributed by atoms with Crippen molar-refractivity contribution in [2.24, 2.45) is 0 Å². The maximum atomic E-state index is 12.9. The van der Waals surface area contributed by atoms with Gasteiger partial charge in [-0.15, -0.1) is 11.3 Å². The molecule has 2 amide bonds. The highest BCUT2D eigenvalue weighted by molar-refractivity contribution is 7.18. The van der Waals surface area contributed by atoms with Crippen LogP contribution in [-0.2, 0) is 9.59 Å². The largest absolute Gasteiger partial charge is 0.383 e. The van der Waals surface area contributed by atoms with Gasteiger partial charge in [0.2, 0.25) is 5.91 Å². The SMILES string of the molecule is O=C(C(O)C(O)c1nc2ccccc2s1)N1CCN(c2cccc3cnccc23)C(=O)C1. The summed E-state index contributed by atoms with van der Waals surface area (Å²) in [6.07, 6.45) is 0.260. The Hall–Kier alpha value is -3.40. The van der Waals surface area contributed by atoms with Crippen molar-refractivity contribution in [2.75, 3.05) is 24.5 Å². The molecule has 2 atom stereocenters. The highest BCUT2D eigenvalue weighted by Gasteiger charge is 2.36. The number of aromatic nitrogens is 2. The van der Waals surface area contributed by atoms with E-state index >= 15 is 0 Å². The van der Waals surface area contributed by atoms with Crippen LogP contribution in [-0.4, -0.2) is 62.6 Å². The molecule has 0 saturated carbocycles. The lowest BCUT2D eigenvalue weighted by atomic mass is 10.1. The van der Waals surface area contributed by atoms with E-state index in [9.17, 15) is 19.8 Å². The van der Waals surface area contributed by atoms with Crippen molar-refractivity contribution in [2.45, 2.75) is 12.2 Å². The van der Waals surface area contributed by atoms with Gasteiger partial charge in [0.05, 0.1) is 15.9 Å². The molecule has 1 saturated heterocycles. The standard InChI is InChI=1S/C23H20N4O4S/c28-19-13-26(10-11-27(19)17-6-3-4-14-12-24-9-8-15(14)17)23(31)21(30)20(29)22-25-16-5-1-2-7-18(16)32-22/h1-9,12,20-21,29-30H,10-11,13H2. The molecule has 1 fully saturated rings. The fourth-order valence-electron chi connectivity index (χ4n) is 3.93. The van der Waals surface area contributed by atoms with Gasteiger partial charge in [-0.05, 0) is 24.3 Å². The van der Waals surface area contributed by atoms with E-state index in [0.717, 1.165) is 21.2 Å². The van der Waals surface area contributed by atoms with Crippen molar-refractivity contribution < 1.29 is 19.8 Å². The first kappa shape index (κ1) is 20.5. The molecule has 32 heavy (non-hydrogen) atoms. The number of piperazine rings is 1. The molecule has 0 bridgehead atoms. The lowest BCUT2D eigenvalue weighted by Gasteiger charge is -2.36. The van der Waals surface area contributed by atoms with Gasteiger partial charge in [-0.25, -0.2) is 4.98 Å². The van der Waals surface area contributed by atoms with Gasteiger partial charge in [-0.1, -0.05) is 24.3 Å². The van der Waals surface area contributed by atoms with Crippen molar-refractivity contribution in [3.05, 3.63) is 65.9 Å². The summed E-state index contributed by atoms with van der Waals surface area (Å²) in [7, 11) is 0. The first-order valence-corrected chi connectivity index (χ1v) is 11.0. The third-order valence-corrected chi connectivity index (χ3v) is 6.70. The monoisotopic (exact) mass is 448 g/mol. The molecule has 2 aromatic carbocycles. The van der Waals surface area contributed by atoms with E-state index in [2.05, 4.69) is 9.97 Å². The second-order valence-electron chi connectivity index (χ2n) is 7.59. The Morgan fingerprint density at radius 3 is 2.72 bits per heavy atom. The summed E-state index contributed by atoms with van der Waals surface area (Å²) in [6, 6.07) is 14.9. The molecule has 5 rings (SSSR count). The molecule has 0 radical (unpaired) electrons. The molecule has 0 aliphatic carbocycles. The number of carbonyl (C=O) groups excluding carboxylic acids is 2. The number of rotatable bonds is 4. The van der Waals surface area contributed by atoms with E-state index in [-0.39, 0.29) is 30.5 Å². The number of aliphatic hydroxyl groups excluding tert-OH is 2. The predicted octanol–water partition coefficient (Wildman–Crippen LogP) is 2.11. The molecule has 2 aromatic heterocycles. The van der Waals surface area contributed by atoms with Crippen LogP contribution >= 0.6 is 11.3 Å². The molecule has 162 valence electrons. The second-order valence-corrected chi connectivity index (χ2v) is 8.65. The van der Waals surface area contributed by atoms with E-state index in [1.165, 1.54) is 16.2 Å². The maximum absolute atomic E-state index is 12.9. The van der Waals surface area contributed by atoms with Gasteiger partial charge in [0, 0.05) is 36.3 Å². The lowest BCUT2D eigenvalue weighted by molar-refractivity contribution is -0.149. The summed E-state index contributed by atoms with van der Waals surface area (Å²) >= 11 is 1.22. The Morgan fingerprint density at radius 1 is 1.06 bits per heavy atom. The average Bonchev–Trinajstić information content (AvgIpc) is 3.27. The molecule has 1 aliphatic heterocycles. The van der Waals surface area contributed by atoms with Crippen LogP contribution in [0.15, 0.2) is 60.9 Å². The summed E-state index contributed by atoms with van der Waals surface area (Å²) in [6.45, 7) is 0.357. The topological polar surface area (TPSA) is 107 Å². The molecule has 0 spiro atoms. The Morgan fingerprint density at radius 2 is 1.91 bits per heavy atom. The molecule has 2 unspecified atom stereocenters. The van der Waals surface area contributed by atoms with E-state index in [1.54, 1.807) is 23.4 Å². The van der Waals surface area contributed by atoms with Gasteiger partial charge in [0.25, 0.3) is 5.91 Å². The van der Waals surface area contributed by atoms with Gasteiger partial charge >= 0.3 is 0 Å². The van der Waals surface area contributed by atoms with Crippen molar-refractivity contribution in [1.29, 1.82) is 0 Å². The number of aliphatic hydroxyl groups is 2. The van der Waals surface area contributed by atoms with Crippen LogP contribution in [0.2, 0.25) is 0 Å². The van der Waals surface area contributed by atoms with Gasteiger partial charge < -0.3 is 20.0 Å². The molecule has 1 aliphatic rings. The number of amides is 2.